The third-order valence-corrected chi connectivity index (χ3v) is 4.99. The van der Waals surface area contributed by atoms with Crippen LogP contribution in [-0.4, -0.2) is 65.9 Å². The number of hydrogen-bond acceptors (Lipinski definition) is 6. The molecule has 0 aromatic carbocycles. The molecule has 6 N–H and O–H groups in total. The number of amides is 3. The van der Waals surface area contributed by atoms with Gasteiger partial charge in [0.15, 0.2) is 0 Å². The topological polar surface area (TPSA) is 140 Å². The van der Waals surface area contributed by atoms with Gasteiger partial charge in [-0.2, -0.15) is 0 Å². The van der Waals surface area contributed by atoms with Crippen molar-refractivity contribution in [1.29, 1.82) is 0 Å². The van der Waals surface area contributed by atoms with Crippen LogP contribution in [0.2, 0.25) is 0 Å². The maximum atomic E-state index is 12.6. The second-order valence-electron chi connectivity index (χ2n) is 7.61. The van der Waals surface area contributed by atoms with Gasteiger partial charge in [-0.25, -0.2) is 0 Å². The van der Waals surface area contributed by atoms with E-state index in [1.165, 1.54) is 0 Å². The molecule has 0 bridgehead atoms. The van der Waals surface area contributed by atoms with E-state index in [9.17, 15) is 19.5 Å². The number of carbonyl (C=O) groups excluding carboxylic acids is 3. The van der Waals surface area contributed by atoms with Crippen LogP contribution in [0.15, 0.2) is 0 Å². The van der Waals surface area contributed by atoms with Gasteiger partial charge in [-0.3, -0.25) is 19.7 Å². The second kappa shape index (κ2) is 18.5. The summed E-state index contributed by atoms with van der Waals surface area (Å²) in [6.45, 7) is 0.325. The van der Waals surface area contributed by atoms with E-state index in [2.05, 4.69) is 39.0 Å². The smallest absolute Gasteiger partial charge is 0.220 e. The Bertz CT molecular complexity index is 699. The molecule has 0 aliphatic heterocycles. The van der Waals surface area contributed by atoms with Gasteiger partial charge in [-0.15, -0.1) is 19.3 Å². The molecular formula is C24H36N4O5. The summed E-state index contributed by atoms with van der Waals surface area (Å²) in [6.07, 6.45) is 16.9. The van der Waals surface area contributed by atoms with Gasteiger partial charge in [-0.1, -0.05) is 17.8 Å². The third kappa shape index (κ3) is 15.4. The lowest BCUT2D eigenvalue weighted by molar-refractivity contribution is -0.126. The van der Waals surface area contributed by atoms with E-state index in [1.54, 1.807) is 0 Å². The minimum Gasteiger partial charge on any atom is -0.396 e. The number of unbranched alkanes of at least 4 members (excludes halogenated alkanes) is 1. The summed E-state index contributed by atoms with van der Waals surface area (Å²) in [5.41, 5.74) is -0.934. The van der Waals surface area contributed by atoms with Crippen LogP contribution in [0.1, 0.15) is 57.8 Å². The summed E-state index contributed by atoms with van der Waals surface area (Å²) in [7, 11) is 0. The molecule has 0 heterocycles. The Morgan fingerprint density at radius 1 is 0.788 bits per heavy atom. The van der Waals surface area contributed by atoms with Crippen molar-refractivity contribution in [3.05, 3.63) is 0 Å². The molecule has 1 atom stereocenters. The van der Waals surface area contributed by atoms with Crippen LogP contribution >= 0.6 is 0 Å². The summed E-state index contributed by atoms with van der Waals surface area (Å²) >= 11 is 0. The van der Waals surface area contributed by atoms with Gasteiger partial charge in [0, 0.05) is 31.4 Å². The Balaban J connectivity index is 5.52. The molecule has 0 aromatic rings. The Kier molecular flexibility index (Phi) is 16.8. The zero-order chi connectivity index (χ0) is 25.0. The molecule has 0 radical (unpaired) electrons. The van der Waals surface area contributed by atoms with E-state index in [1.807, 2.05) is 0 Å². The highest BCUT2D eigenvalue weighted by Crippen LogP contribution is 2.27. The first-order chi connectivity index (χ1) is 15.8. The number of nitrogens with one attached hydrogen (secondary N) is 4. The average molecular weight is 461 g/mol. The molecule has 0 aliphatic rings. The first-order valence-corrected chi connectivity index (χ1v) is 11.0. The molecule has 0 saturated heterocycles. The molecule has 9 heteroatoms. The molecule has 0 aliphatic carbocycles. The maximum Gasteiger partial charge on any atom is 0.220 e. The van der Waals surface area contributed by atoms with Crippen LogP contribution in [-0.2, 0) is 14.4 Å². The van der Waals surface area contributed by atoms with Crippen molar-refractivity contribution in [3.63, 3.8) is 0 Å². The van der Waals surface area contributed by atoms with Crippen molar-refractivity contribution in [1.82, 2.24) is 21.3 Å². The van der Waals surface area contributed by atoms with Crippen LogP contribution in [0, 0.1) is 37.0 Å². The molecule has 0 rings (SSSR count). The van der Waals surface area contributed by atoms with Gasteiger partial charge < -0.3 is 26.2 Å². The zero-order valence-electron chi connectivity index (χ0n) is 19.1. The van der Waals surface area contributed by atoms with Crippen LogP contribution in [0.4, 0.5) is 0 Å². The number of aliphatic hydroxyl groups excluding tert-OH is 2. The molecule has 1 unspecified atom stereocenters. The SMILES string of the molecule is C#CCNC(=O)CCC(CCC(=O)NCC#C)(CCC(O)NCC#C)NC(=O)CCCCO. The number of terminal acetylenes is 3. The fourth-order valence-corrected chi connectivity index (χ4v) is 3.19. The van der Waals surface area contributed by atoms with Crippen molar-refractivity contribution in [3.8, 4) is 37.0 Å². The maximum absolute atomic E-state index is 12.6. The van der Waals surface area contributed by atoms with Crippen molar-refractivity contribution in [2.24, 2.45) is 0 Å². The van der Waals surface area contributed by atoms with Crippen molar-refractivity contribution in [2.45, 2.75) is 69.6 Å². The van der Waals surface area contributed by atoms with E-state index in [4.69, 9.17) is 24.4 Å². The van der Waals surface area contributed by atoms with E-state index < -0.39 is 11.8 Å². The zero-order valence-corrected chi connectivity index (χ0v) is 19.1. The highest BCUT2D eigenvalue weighted by Gasteiger charge is 2.33. The highest BCUT2D eigenvalue weighted by atomic mass is 16.3. The summed E-state index contributed by atoms with van der Waals surface area (Å²) < 4.78 is 0. The lowest BCUT2D eigenvalue weighted by Gasteiger charge is -2.36. The molecule has 33 heavy (non-hydrogen) atoms. The highest BCUT2D eigenvalue weighted by molar-refractivity contribution is 5.79. The Morgan fingerprint density at radius 2 is 1.33 bits per heavy atom. The number of rotatable bonds is 18. The van der Waals surface area contributed by atoms with Gasteiger partial charge in [-0.05, 0) is 38.5 Å². The van der Waals surface area contributed by atoms with Crippen LogP contribution in [0.5, 0.6) is 0 Å². The van der Waals surface area contributed by atoms with Gasteiger partial charge in [0.2, 0.25) is 17.7 Å². The van der Waals surface area contributed by atoms with E-state index >= 15 is 0 Å². The largest absolute Gasteiger partial charge is 0.396 e. The molecule has 3 amide bonds. The molecule has 0 spiro atoms. The van der Waals surface area contributed by atoms with Crippen molar-refractivity contribution >= 4 is 17.7 Å². The van der Waals surface area contributed by atoms with E-state index in [0.29, 0.717) is 19.3 Å². The van der Waals surface area contributed by atoms with Crippen LogP contribution in [0.3, 0.4) is 0 Å². The van der Waals surface area contributed by atoms with Gasteiger partial charge >= 0.3 is 0 Å². The lowest BCUT2D eigenvalue weighted by atomic mass is 9.82. The van der Waals surface area contributed by atoms with Gasteiger partial charge in [0.25, 0.3) is 0 Å². The third-order valence-electron chi connectivity index (χ3n) is 4.99. The van der Waals surface area contributed by atoms with Crippen molar-refractivity contribution in [2.75, 3.05) is 26.2 Å². The Morgan fingerprint density at radius 3 is 1.82 bits per heavy atom. The van der Waals surface area contributed by atoms with Gasteiger partial charge in [0.05, 0.1) is 19.6 Å². The normalized spacial score (nSPS) is 11.4. The molecule has 0 fully saturated rings. The molecule has 0 saturated carbocycles. The monoisotopic (exact) mass is 460 g/mol. The van der Waals surface area contributed by atoms with E-state index in [-0.39, 0.29) is 82.5 Å². The standard InChI is InChI=1S/C24H36N4O5/c1-4-16-25-20(30)10-13-24(14-11-21(31)26-17-5-2,15-12-22(32)27-18-6-3)28-23(33)9-7-8-19-29/h1-3,20,25,29-30H,7-19H2,(H,26,31)(H,27,32)(H,28,33). The summed E-state index contributed by atoms with van der Waals surface area (Å²) in [5, 5.41) is 30.1. The van der Waals surface area contributed by atoms with E-state index in [0.717, 1.165) is 0 Å². The Hall–Kier alpha value is -3.03. The van der Waals surface area contributed by atoms with Gasteiger partial charge in [0.1, 0.15) is 6.23 Å². The molecule has 9 nitrogen and oxygen atoms in total. The van der Waals surface area contributed by atoms with Crippen LogP contribution in [0.25, 0.3) is 0 Å². The van der Waals surface area contributed by atoms with Crippen molar-refractivity contribution < 1.29 is 24.6 Å². The molecular weight excluding hydrogens is 424 g/mol. The Labute approximate surface area is 196 Å². The lowest BCUT2D eigenvalue weighted by Crippen LogP contribution is -2.50. The molecule has 0 aromatic heterocycles. The number of hydrogen-bond donors (Lipinski definition) is 6. The minimum absolute atomic E-state index is 0.0177. The fraction of sp³-hybridized carbons (Fsp3) is 0.625. The second-order valence-corrected chi connectivity index (χ2v) is 7.61. The first kappa shape index (κ1) is 30.0. The number of carbonyl (C=O) groups is 3. The predicted octanol–water partition coefficient (Wildman–Crippen LogP) is -0.615. The number of aliphatic hydroxyl groups is 2. The summed E-state index contributed by atoms with van der Waals surface area (Å²) in [5.74, 6) is 6.20. The quantitative estimate of drug-likeness (QED) is 0.0916. The first-order valence-electron chi connectivity index (χ1n) is 11.0. The summed E-state index contributed by atoms with van der Waals surface area (Å²) in [6, 6.07) is 0. The average Bonchev–Trinajstić information content (AvgIpc) is 2.80. The minimum atomic E-state index is -0.934. The fourth-order valence-electron chi connectivity index (χ4n) is 3.19. The summed E-state index contributed by atoms with van der Waals surface area (Å²) in [4.78, 5) is 37.0. The predicted molar refractivity (Wildman–Crippen MR) is 126 cm³/mol. The molecule has 182 valence electrons. The van der Waals surface area contributed by atoms with Crippen LogP contribution < -0.4 is 21.3 Å².